The first-order chi connectivity index (χ1) is 9.47. The van der Waals surface area contributed by atoms with Gasteiger partial charge >= 0.3 is 0 Å². The van der Waals surface area contributed by atoms with Gasteiger partial charge in [-0.15, -0.1) is 0 Å². The van der Waals surface area contributed by atoms with Gasteiger partial charge in [-0.1, -0.05) is 51.8 Å². The Morgan fingerprint density at radius 1 is 1.10 bits per heavy atom. The lowest BCUT2D eigenvalue weighted by molar-refractivity contribution is -0.115. The number of hydrogen-bond donors (Lipinski definition) is 1. The van der Waals surface area contributed by atoms with E-state index in [2.05, 4.69) is 40.3 Å². The average Bonchev–Trinajstić information content (AvgIpc) is 2.36. The Morgan fingerprint density at radius 2 is 1.70 bits per heavy atom. The highest BCUT2D eigenvalue weighted by molar-refractivity contribution is 9.10. The summed E-state index contributed by atoms with van der Waals surface area (Å²) in [7, 11) is 0. The van der Waals surface area contributed by atoms with Crippen LogP contribution in [0.1, 0.15) is 22.3 Å². The second kappa shape index (κ2) is 6.23. The van der Waals surface area contributed by atoms with Crippen LogP contribution in [0.25, 0.3) is 0 Å². The number of aryl methyl sites for hydroxylation is 3. The van der Waals surface area contributed by atoms with E-state index in [-0.39, 0.29) is 5.91 Å². The van der Waals surface area contributed by atoms with Gasteiger partial charge in [-0.3, -0.25) is 4.79 Å². The quantitative estimate of drug-likeness (QED) is 0.877. The first kappa shape index (κ1) is 14.8. The van der Waals surface area contributed by atoms with Gasteiger partial charge < -0.3 is 5.32 Å². The van der Waals surface area contributed by atoms with Crippen molar-refractivity contribution in [3.8, 4) is 0 Å². The number of amides is 1. The lowest BCUT2D eigenvalue weighted by Crippen LogP contribution is -2.16. The van der Waals surface area contributed by atoms with Crippen molar-refractivity contribution >= 4 is 27.5 Å². The third-order valence-corrected chi connectivity index (χ3v) is 4.02. The largest absolute Gasteiger partial charge is 0.325 e. The van der Waals surface area contributed by atoms with E-state index in [0.717, 1.165) is 26.9 Å². The lowest BCUT2D eigenvalue weighted by atomic mass is 10.0. The number of rotatable bonds is 3. The zero-order valence-corrected chi connectivity index (χ0v) is 13.5. The van der Waals surface area contributed by atoms with Gasteiger partial charge in [-0.2, -0.15) is 0 Å². The smallest absolute Gasteiger partial charge is 0.228 e. The molecule has 0 aliphatic rings. The van der Waals surface area contributed by atoms with Crippen LogP contribution >= 0.6 is 15.9 Å². The molecule has 0 aromatic heterocycles. The Morgan fingerprint density at radius 3 is 2.30 bits per heavy atom. The fourth-order valence-corrected chi connectivity index (χ4v) is 2.80. The summed E-state index contributed by atoms with van der Waals surface area (Å²) in [5.41, 5.74) is 5.33. The molecule has 0 spiro atoms. The molecule has 0 bridgehead atoms. The monoisotopic (exact) mass is 331 g/mol. The van der Waals surface area contributed by atoms with E-state index < -0.39 is 0 Å². The fraction of sp³-hybridized carbons (Fsp3) is 0.235. The topological polar surface area (TPSA) is 29.1 Å². The van der Waals surface area contributed by atoms with Crippen molar-refractivity contribution in [2.45, 2.75) is 27.2 Å². The number of anilines is 1. The van der Waals surface area contributed by atoms with Crippen LogP contribution in [0.4, 0.5) is 5.69 Å². The summed E-state index contributed by atoms with van der Waals surface area (Å²) >= 11 is 3.47. The van der Waals surface area contributed by atoms with Crippen LogP contribution in [-0.4, -0.2) is 5.91 Å². The highest BCUT2D eigenvalue weighted by atomic mass is 79.9. The molecule has 2 nitrogen and oxygen atoms in total. The third-order valence-electron chi connectivity index (χ3n) is 3.25. The molecule has 1 amide bonds. The Hall–Kier alpha value is -1.61. The van der Waals surface area contributed by atoms with Crippen LogP contribution < -0.4 is 5.32 Å². The lowest BCUT2D eigenvalue weighted by Gasteiger charge is -2.13. The van der Waals surface area contributed by atoms with Gasteiger partial charge in [-0.25, -0.2) is 0 Å². The SMILES string of the molecule is Cc1cc(C)c(NC(=O)Cc2ccccc2Br)c(C)c1. The van der Waals surface area contributed by atoms with Crippen molar-refractivity contribution in [3.63, 3.8) is 0 Å². The zero-order chi connectivity index (χ0) is 14.7. The second-order valence-electron chi connectivity index (χ2n) is 5.09. The molecule has 2 rings (SSSR count). The highest BCUT2D eigenvalue weighted by Gasteiger charge is 2.10. The molecule has 2 aromatic carbocycles. The minimum atomic E-state index is 0.00644. The van der Waals surface area contributed by atoms with Gasteiger partial charge in [0.2, 0.25) is 5.91 Å². The molecule has 104 valence electrons. The van der Waals surface area contributed by atoms with Gasteiger partial charge in [0, 0.05) is 10.2 Å². The minimum Gasteiger partial charge on any atom is -0.325 e. The van der Waals surface area contributed by atoms with E-state index >= 15 is 0 Å². The molecule has 0 saturated carbocycles. The van der Waals surface area contributed by atoms with Crippen molar-refractivity contribution < 1.29 is 4.79 Å². The number of hydrogen-bond acceptors (Lipinski definition) is 1. The van der Waals surface area contributed by atoms with E-state index in [1.165, 1.54) is 5.56 Å². The summed E-state index contributed by atoms with van der Waals surface area (Å²) in [6.07, 6.45) is 0.369. The van der Waals surface area contributed by atoms with E-state index in [0.29, 0.717) is 6.42 Å². The molecule has 0 saturated heterocycles. The van der Waals surface area contributed by atoms with Crippen molar-refractivity contribution in [2.75, 3.05) is 5.32 Å². The van der Waals surface area contributed by atoms with Gasteiger partial charge in [0.15, 0.2) is 0 Å². The van der Waals surface area contributed by atoms with Crippen molar-refractivity contribution in [1.29, 1.82) is 0 Å². The van der Waals surface area contributed by atoms with E-state index in [4.69, 9.17) is 0 Å². The number of halogens is 1. The second-order valence-corrected chi connectivity index (χ2v) is 5.94. The predicted molar refractivity (Wildman–Crippen MR) is 87.1 cm³/mol. The molecule has 0 heterocycles. The average molecular weight is 332 g/mol. The van der Waals surface area contributed by atoms with Crippen LogP contribution in [-0.2, 0) is 11.2 Å². The minimum absolute atomic E-state index is 0.00644. The maximum absolute atomic E-state index is 12.2. The number of carbonyl (C=O) groups excluding carboxylic acids is 1. The molecule has 0 aliphatic heterocycles. The molecule has 0 unspecified atom stereocenters. The molecule has 0 atom stereocenters. The normalized spacial score (nSPS) is 10.4. The van der Waals surface area contributed by atoms with Gasteiger partial charge in [-0.05, 0) is 43.5 Å². The summed E-state index contributed by atoms with van der Waals surface area (Å²) < 4.78 is 0.965. The zero-order valence-electron chi connectivity index (χ0n) is 12.0. The summed E-state index contributed by atoms with van der Waals surface area (Å²) in [6.45, 7) is 6.11. The van der Waals surface area contributed by atoms with E-state index in [1.807, 2.05) is 38.1 Å². The van der Waals surface area contributed by atoms with Gasteiger partial charge in [0.05, 0.1) is 6.42 Å². The number of nitrogens with one attached hydrogen (secondary N) is 1. The van der Waals surface area contributed by atoms with Crippen LogP contribution in [0.5, 0.6) is 0 Å². The van der Waals surface area contributed by atoms with E-state index in [1.54, 1.807) is 0 Å². The molecule has 3 heteroatoms. The molecule has 0 fully saturated rings. The summed E-state index contributed by atoms with van der Waals surface area (Å²) in [5.74, 6) is 0.00644. The first-order valence-corrected chi connectivity index (χ1v) is 7.38. The van der Waals surface area contributed by atoms with Crippen molar-refractivity contribution in [2.24, 2.45) is 0 Å². The molecule has 0 aliphatic carbocycles. The highest BCUT2D eigenvalue weighted by Crippen LogP contribution is 2.23. The molecule has 20 heavy (non-hydrogen) atoms. The van der Waals surface area contributed by atoms with Crippen molar-refractivity contribution in [1.82, 2.24) is 0 Å². The Kier molecular flexibility index (Phi) is 4.61. The molecular weight excluding hydrogens is 314 g/mol. The van der Waals surface area contributed by atoms with Crippen molar-refractivity contribution in [3.05, 3.63) is 63.1 Å². The predicted octanol–water partition coefficient (Wildman–Crippen LogP) is 4.56. The maximum atomic E-state index is 12.2. The Balaban J connectivity index is 2.15. The van der Waals surface area contributed by atoms with Gasteiger partial charge in [0.1, 0.15) is 0 Å². The fourth-order valence-electron chi connectivity index (χ4n) is 2.38. The maximum Gasteiger partial charge on any atom is 0.228 e. The van der Waals surface area contributed by atoms with Crippen LogP contribution in [0, 0.1) is 20.8 Å². The number of carbonyl (C=O) groups is 1. The summed E-state index contributed by atoms with van der Waals surface area (Å²) in [5, 5.41) is 3.02. The summed E-state index contributed by atoms with van der Waals surface area (Å²) in [4.78, 5) is 12.2. The first-order valence-electron chi connectivity index (χ1n) is 6.58. The van der Waals surface area contributed by atoms with Crippen LogP contribution in [0.15, 0.2) is 40.9 Å². The standard InChI is InChI=1S/C17H18BrNO/c1-11-8-12(2)17(13(3)9-11)19-16(20)10-14-6-4-5-7-15(14)18/h4-9H,10H2,1-3H3,(H,19,20). The van der Waals surface area contributed by atoms with E-state index in [9.17, 15) is 4.79 Å². The molecule has 2 aromatic rings. The molecular formula is C17H18BrNO. The summed E-state index contributed by atoms with van der Waals surface area (Å²) in [6, 6.07) is 12.0. The molecule has 0 radical (unpaired) electrons. The van der Waals surface area contributed by atoms with Gasteiger partial charge in [0.25, 0.3) is 0 Å². The van der Waals surface area contributed by atoms with Crippen LogP contribution in [0.3, 0.4) is 0 Å². The molecule has 1 N–H and O–H groups in total. The Labute approximate surface area is 128 Å². The number of benzene rings is 2. The van der Waals surface area contributed by atoms with Crippen LogP contribution in [0.2, 0.25) is 0 Å². The Bertz CT molecular complexity index is 626. The third kappa shape index (κ3) is 3.48.